The summed E-state index contributed by atoms with van der Waals surface area (Å²) in [5.74, 6) is 4.03. The lowest BCUT2D eigenvalue weighted by molar-refractivity contribution is -0.130. The number of carbonyl (C=O) groups is 2. The van der Waals surface area contributed by atoms with Gasteiger partial charge in [-0.05, 0) is 135 Å². The van der Waals surface area contributed by atoms with E-state index in [1.165, 1.54) is 38.5 Å². The quantitative estimate of drug-likeness (QED) is 0.313. The van der Waals surface area contributed by atoms with Gasteiger partial charge in [0.1, 0.15) is 11.6 Å². The normalized spacial score (nSPS) is 47.0. The van der Waals surface area contributed by atoms with E-state index >= 15 is 0 Å². The number of fused-ring (bicyclic) bond motifs is 8. The van der Waals surface area contributed by atoms with Crippen LogP contribution in [0.2, 0.25) is 0 Å². The summed E-state index contributed by atoms with van der Waals surface area (Å²) < 4.78 is 0. The first-order valence-electron chi connectivity index (χ1n) is 20.6. The van der Waals surface area contributed by atoms with Crippen LogP contribution < -0.4 is 0 Å². The SMILES string of the molecule is CCC12CCC(CC1=O)C2(C)C.CCC12CCC(CC1=O)C2(C)C.CCC12CCC(CC1O)C2(C)C.CCC12CCC(CC1O)C2(C)C. The maximum absolute atomic E-state index is 11.8. The summed E-state index contributed by atoms with van der Waals surface area (Å²) in [5.41, 5.74) is 2.02. The number of hydrogen-bond donors (Lipinski definition) is 2. The minimum absolute atomic E-state index is 0.0174. The number of aliphatic hydroxyl groups is 2. The Morgan fingerprint density at radius 3 is 0.917 bits per heavy atom. The molecule has 8 fully saturated rings. The molecule has 4 heteroatoms. The Bertz CT molecular complexity index is 1130. The van der Waals surface area contributed by atoms with Crippen molar-refractivity contribution in [3.63, 3.8) is 0 Å². The molecule has 0 heterocycles. The monoisotopic (exact) mass is 669 g/mol. The van der Waals surface area contributed by atoms with E-state index < -0.39 is 0 Å². The van der Waals surface area contributed by atoms with Crippen LogP contribution in [0.1, 0.15) is 186 Å². The predicted molar refractivity (Wildman–Crippen MR) is 197 cm³/mol. The average Bonchev–Trinajstić information content (AvgIpc) is 3.81. The van der Waals surface area contributed by atoms with Gasteiger partial charge < -0.3 is 10.2 Å². The fourth-order valence-corrected chi connectivity index (χ4v) is 15.0. The molecule has 48 heavy (non-hydrogen) atoms. The molecule has 0 saturated heterocycles. The maximum atomic E-state index is 11.8. The van der Waals surface area contributed by atoms with Crippen molar-refractivity contribution in [3.05, 3.63) is 0 Å². The van der Waals surface area contributed by atoms with Gasteiger partial charge in [0.05, 0.1) is 12.2 Å². The van der Waals surface area contributed by atoms with Gasteiger partial charge >= 0.3 is 0 Å². The lowest BCUT2D eigenvalue weighted by atomic mass is 9.67. The summed E-state index contributed by atoms with van der Waals surface area (Å²) in [6, 6.07) is 0. The molecule has 8 saturated carbocycles. The molecular formula is C44H76O4. The van der Waals surface area contributed by atoms with Crippen molar-refractivity contribution in [1.29, 1.82) is 0 Å². The minimum atomic E-state index is -0.0174. The lowest BCUT2D eigenvalue weighted by Crippen LogP contribution is -2.37. The third-order valence-corrected chi connectivity index (χ3v) is 19.5. The molecule has 8 rings (SSSR count). The zero-order valence-corrected chi connectivity index (χ0v) is 33.5. The predicted octanol–water partition coefficient (Wildman–Crippen LogP) is 10.8. The standard InChI is InChI=1S/2C11H20O.2C11H18O/c4*1-4-11-6-5-8(7-9(11)12)10(11,2)3/h2*8-9,12H,4-7H2,1-3H3;2*8H,4-7H2,1-3H3. The molecule has 4 nitrogen and oxygen atoms in total. The van der Waals surface area contributed by atoms with Gasteiger partial charge in [-0.1, -0.05) is 83.1 Å². The molecule has 8 bridgehead atoms. The van der Waals surface area contributed by atoms with Crippen LogP contribution in [0.3, 0.4) is 0 Å². The molecule has 10 unspecified atom stereocenters. The highest BCUT2D eigenvalue weighted by Gasteiger charge is 2.65. The number of rotatable bonds is 4. The summed E-state index contributed by atoms with van der Waals surface area (Å²) in [6.07, 6.45) is 18.3. The lowest BCUT2D eigenvalue weighted by Gasteiger charge is -2.39. The molecule has 0 aliphatic heterocycles. The van der Waals surface area contributed by atoms with Crippen LogP contribution in [0, 0.1) is 67.0 Å². The first-order valence-corrected chi connectivity index (χ1v) is 20.6. The number of ketones is 2. The third kappa shape index (κ3) is 4.85. The van der Waals surface area contributed by atoms with Crippen LogP contribution in [0.25, 0.3) is 0 Å². The van der Waals surface area contributed by atoms with Gasteiger partial charge in [0.2, 0.25) is 0 Å². The van der Waals surface area contributed by atoms with Crippen molar-refractivity contribution >= 4 is 11.6 Å². The van der Waals surface area contributed by atoms with E-state index in [4.69, 9.17) is 0 Å². The second kappa shape index (κ2) is 12.4. The average molecular weight is 669 g/mol. The van der Waals surface area contributed by atoms with Crippen molar-refractivity contribution in [1.82, 2.24) is 0 Å². The highest BCUT2D eigenvalue weighted by atomic mass is 16.3. The second-order valence-corrected chi connectivity index (χ2v) is 20.5. The van der Waals surface area contributed by atoms with Crippen LogP contribution in [-0.2, 0) is 9.59 Å². The highest BCUT2D eigenvalue weighted by molar-refractivity contribution is 5.90. The van der Waals surface area contributed by atoms with Crippen LogP contribution in [0.4, 0.5) is 0 Å². The molecule has 2 N–H and O–H groups in total. The summed E-state index contributed by atoms with van der Waals surface area (Å²) in [7, 11) is 0. The van der Waals surface area contributed by atoms with E-state index in [0.29, 0.717) is 45.1 Å². The van der Waals surface area contributed by atoms with E-state index in [-0.39, 0.29) is 33.9 Å². The van der Waals surface area contributed by atoms with E-state index in [2.05, 4.69) is 83.1 Å². The molecule has 8 aliphatic carbocycles. The van der Waals surface area contributed by atoms with Gasteiger partial charge in [0, 0.05) is 34.5 Å². The van der Waals surface area contributed by atoms with Gasteiger partial charge in [-0.15, -0.1) is 0 Å². The Labute approximate surface area is 295 Å². The minimum Gasteiger partial charge on any atom is -0.393 e. The number of Topliss-reactive ketones (excluding diaryl/α,β-unsaturated/α-hetero) is 2. The second-order valence-electron chi connectivity index (χ2n) is 20.5. The third-order valence-electron chi connectivity index (χ3n) is 19.5. The Balaban J connectivity index is 0.000000125. The zero-order valence-electron chi connectivity index (χ0n) is 33.5. The highest BCUT2D eigenvalue weighted by Crippen LogP contribution is 2.69. The van der Waals surface area contributed by atoms with Crippen LogP contribution in [0.5, 0.6) is 0 Å². The smallest absolute Gasteiger partial charge is 0.139 e. The molecule has 10 atom stereocenters. The van der Waals surface area contributed by atoms with Gasteiger partial charge in [-0.2, -0.15) is 0 Å². The summed E-state index contributed by atoms with van der Waals surface area (Å²) in [5, 5.41) is 20.0. The van der Waals surface area contributed by atoms with Crippen molar-refractivity contribution < 1.29 is 19.8 Å². The molecule has 8 aliphatic rings. The Morgan fingerprint density at radius 2 is 0.792 bits per heavy atom. The number of aliphatic hydroxyl groups excluding tert-OH is 2. The first-order chi connectivity index (χ1) is 22.2. The van der Waals surface area contributed by atoms with Gasteiger partial charge in [0.25, 0.3) is 0 Å². The first kappa shape index (κ1) is 38.5. The molecule has 0 radical (unpaired) electrons. The molecule has 0 aromatic heterocycles. The van der Waals surface area contributed by atoms with E-state index in [1.54, 1.807) is 0 Å². The topological polar surface area (TPSA) is 74.6 Å². The van der Waals surface area contributed by atoms with Crippen LogP contribution in [0.15, 0.2) is 0 Å². The van der Waals surface area contributed by atoms with Crippen LogP contribution >= 0.6 is 0 Å². The number of carbonyl (C=O) groups excluding carboxylic acids is 2. The fourth-order valence-electron chi connectivity index (χ4n) is 15.0. The molecule has 0 amide bonds. The molecule has 276 valence electrons. The van der Waals surface area contributed by atoms with Crippen LogP contribution in [-0.4, -0.2) is 34.0 Å². The van der Waals surface area contributed by atoms with Gasteiger partial charge in [0.15, 0.2) is 0 Å². The molecule has 0 spiro atoms. The van der Waals surface area contributed by atoms with E-state index in [1.807, 2.05) is 0 Å². The number of hydrogen-bond acceptors (Lipinski definition) is 4. The maximum Gasteiger partial charge on any atom is 0.139 e. The van der Waals surface area contributed by atoms with Gasteiger partial charge in [-0.25, -0.2) is 0 Å². The molecular weight excluding hydrogens is 592 g/mol. The zero-order chi connectivity index (χ0) is 35.9. The van der Waals surface area contributed by atoms with Crippen molar-refractivity contribution in [2.24, 2.45) is 67.0 Å². The van der Waals surface area contributed by atoms with Gasteiger partial charge in [-0.3, -0.25) is 9.59 Å². The van der Waals surface area contributed by atoms with Crippen molar-refractivity contribution in [3.8, 4) is 0 Å². The van der Waals surface area contributed by atoms with E-state index in [9.17, 15) is 19.8 Å². The summed E-state index contributed by atoms with van der Waals surface area (Å²) in [6.45, 7) is 27.4. The van der Waals surface area contributed by atoms with E-state index in [0.717, 1.165) is 76.0 Å². The molecule has 0 aromatic rings. The van der Waals surface area contributed by atoms with Crippen molar-refractivity contribution in [2.75, 3.05) is 0 Å². The molecule has 0 aromatic carbocycles. The largest absolute Gasteiger partial charge is 0.393 e. The Morgan fingerprint density at radius 1 is 0.479 bits per heavy atom. The van der Waals surface area contributed by atoms with Crippen molar-refractivity contribution in [2.45, 2.75) is 198 Å². The Kier molecular flexibility index (Phi) is 9.98. The fraction of sp³-hybridized carbons (Fsp3) is 0.955. The summed E-state index contributed by atoms with van der Waals surface area (Å²) >= 11 is 0. The summed E-state index contributed by atoms with van der Waals surface area (Å²) in [4.78, 5) is 23.6. The Hall–Kier alpha value is -0.740.